The number of rotatable bonds is 9. The number of carbonyl (C=O) groups is 1. The van der Waals surface area contributed by atoms with Crippen LogP contribution in [0.1, 0.15) is 56.3 Å². The molecule has 5 rings (SSSR count). The number of unbranched alkanes of at least 4 members (excludes halogenated alkanes) is 1. The first-order valence-corrected chi connectivity index (χ1v) is 12.7. The lowest BCUT2D eigenvalue weighted by molar-refractivity contribution is -0.117. The van der Waals surface area contributed by atoms with Crippen molar-refractivity contribution in [2.75, 3.05) is 18.1 Å². The number of fused-ring (bicyclic) bond motifs is 1. The van der Waals surface area contributed by atoms with Crippen molar-refractivity contribution in [3.8, 4) is 5.75 Å². The Balaban J connectivity index is 1.29. The van der Waals surface area contributed by atoms with Crippen molar-refractivity contribution >= 4 is 22.6 Å². The van der Waals surface area contributed by atoms with Gasteiger partial charge in [-0.1, -0.05) is 56.3 Å². The van der Waals surface area contributed by atoms with Crippen LogP contribution in [0.25, 0.3) is 11.0 Å². The Kier molecular flexibility index (Phi) is 7.03. The number of aromatic nitrogens is 2. The molecule has 1 unspecified atom stereocenters. The highest BCUT2D eigenvalue weighted by molar-refractivity contribution is 5.96. The molecule has 186 valence electrons. The summed E-state index contributed by atoms with van der Waals surface area (Å²) in [6, 6.07) is 22.8. The average Bonchev–Trinajstić information content (AvgIpc) is 3.44. The molecule has 36 heavy (non-hydrogen) atoms. The largest absolute Gasteiger partial charge is 0.493 e. The van der Waals surface area contributed by atoms with E-state index >= 15 is 0 Å². The summed E-state index contributed by atoms with van der Waals surface area (Å²) in [7, 11) is 0. The summed E-state index contributed by atoms with van der Waals surface area (Å²) < 4.78 is 22.7. The van der Waals surface area contributed by atoms with Crippen molar-refractivity contribution in [1.82, 2.24) is 9.55 Å². The first-order chi connectivity index (χ1) is 17.5. The third kappa shape index (κ3) is 4.85. The molecule has 6 heteroatoms. The van der Waals surface area contributed by atoms with E-state index in [-0.39, 0.29) is 17.6 Å². The van der Waals surface area contributed by atoms with Crippen LogP contribution in [0.2, 0.25) is 0 Å². The van der Waals surface area contributed by atoms with Crippen molar-refractivity contribution in [2.24, 2.45) is 0 Å². The van der Waals surface area contributed by atoms with Crippen molar-refractivity contribution in [3.63, 3.8) is 0 Å². The lowest BCUT2D eigenvalue weighted by Gasteiger charge is -2.18. The summed E-state index contributed by atoms with van der Waals surface area (Å²) in [6.45, 7) is 6.21. The van der Waals surface area contributed by atoms with E-state index in [1.165, 1.54) is 11.6 Å². The molecule has 1 amide bonds. The van der Waals surface area contributed by atoms with Gasteiger partial charge < -0.3 is 14.2 Å². The van der Waals surface area contributed by atoms with Crippen molar-refractivity contribution in [2.45, 2.75) is 51.5 Å². The van der Waals surface area contributed by atoms with Crippen LogP contribution in [-0.4, -0.2) is 28.6 Å². The molecule has 0 bridgehead atoms. The lowest BCUT2D eigenvalue weighted by Crippen LogP contribution is -2.25. The van der Waals surface area contributed by atoms with Crippen molar-refractivity contribution in [1.29, 1.82) is 0 Å². The van der Waals surface area contributed by atoms with Gasteiger partial charge in [0.1, 0.15) is 17.4 Å². The Morgan fingerprint density at radius 2 is 1.75 bits per heavy atom. The van der Waals surface area contributed by atoms with Crippen LogP contribution >= 0.6 is 0 Å². The Bertz CT molecular complexity index is 1360. The molecule has 0 saturated carbocycles. The highest BCUT2D eigenvalue weighted by Gasteiger charge is 2.35. The number of imidazole rings is 1. The molecule has 3 aromatic carbocycles. The third-order valence-electron chi connectivity index (χ3n) is 6.89. The monoisotopic (exact) mass is 485 g/mol. The summed E-state index contributed by atoms with van der Waals surface area (Å²) >= 11 is 0. The summed E-state index contributed by atoms with van der Waals surface area (Å²) in [5.74, 6) is 1.74. The minimum absolute atomic E-state index is 0.0686. The maximum atomic E-state index is 14.4. The number of amides is 1. The molecule has 0 aliphatic carbocycles. The fourth-order valence-corrected chi connectivity index (χ4v) is 5.07. The number of nitrogens with zero attached hydrogens (tertiary/aromatic N) is 3. The summed E-state index contributed by atoms with van der Waals surface area (Å²) in [5.41, 5.74) is 3.55. The highest BCUT2D eigenvalue weighted by atomic mass is 19.1. The van der Waals surface area contributed by atoms with E-state index < -0.39 is 0 Å². The zero-order valence-corrected chi connectivity index (χ0v) is 20.9. The van der Waals surface area contributed by atoms with Crippen LogP contribution < -0.4 is 9.64 Å². The number of para-hydroxylation sites is 4. The predicted octanol–water partition coefficient (Wildman–Crippen LogP) is 6.68. The van der Waals surface area contributed by atoms with Gasteiger partial charge in [-0.15, -0.1) is 0 Å². The first kappa shape index (κ1) is 24.0. The van der Waals surface area contributed by atoms with E-state index in [0.29, 0.717) is 31.2 Å². The van der Waals surface area contributed by atoms with Crippen LogP contribution in [0.5, 0.6) is 5.75 Å². The topological polar surface area (TPSA) is 47.4 Å². The number of anilines is 1. The van der Waals surface area contributed by atoms with Crippen LogP contribution in [-0.2, 0) is 11.3 Å². The van der Waals surface area contributed by atoms with E-state index in [1.807, 2.05) is 30.3 Å². The van der Waals surface area contributed by atoms with Gasteiger partial charge in [-0.05, 0) is 54.7 Å². The summed E-state index contributed by atoms with van der Waals surface area (Å²) in [6.07, 6.45) is 2.16. The van der Waals surface area contributed by atoms with E-state index in [1.54, 1.807) is 23.1 Å². The van der Waals surface area contributed by atoms with Crippen LogP contribution in [0.3, 0.4) is 0 Å². The molecule has 1 saturated heterocycles. The third-order valence-corrected chi connectivity index (χ3v) is 6.89. The predicted molar refractivity (Wildman–Crippen MR) is 141 cm³/mol. The number of halogens is 1. The second-order valence-corrected chi connectivity index (χ2v) is 9.72. The SMILES string of the molecule is CC(C)c1ccccc1OCCCCn1c(C2CC(=O)N(c3ccccc3F)C2)nc2ccccc21. The molecular formula is C30H32FN3O2. The maximum Gasteiger partial charge on any atom is 0.227 e. The summed E-state index contributed by atoms with van der Waals surface area (Å²) in [5, 5.41) is 0. The second kappa shape index (κ2) is 10.5. The molecule has 1 aliphatic rings. The van der Waals surface area contributed by atoms with Crippen LogP contribution in [0.15, 0.2) is 72.8 Å². The number of hydrogen-bond acceptors (Lipinski definition) is 3. The van der Waals surface area contributed by atoms with E-state index in [4.69, 9.17) is 9.72 Å². The zero-order valence-electron chi connectivity index (χ0n) is 20.9. The fourth-order valence-electron chi connectivity index (χ4n) is 5.07. The standard InChI is InChI=1S/C30H32FN3O2/c1-21(2)23-11-3-8-16-28(23)36-18-10-9-17-33-27-15-7-5-13-25(27)32-30(33)22-19-29(35)34(20-22)26-14-6-4-12-24(26)31/h3-8,11-16,21-22H,9-10,17-20H2,1-2H3. The smallest absolute Gasteiger partial charge is 0.227 e. The molecule has 0 N–H and O–H groups in total. The molecule has 1 fully saturated rings. The Hall–Kier alpha value is -3.67. The van der Waals surface area contributed by atoms with Crippen molar-refractivity contribution in [3.05, 3.63) is 90.0 Å². The van der Waals surface area contributed by atoms with Crippen LogP contribution in [0.4, 0.5) is 10.1 Å². The minimum Gasteiger partial charge on any atom is -0.493 e. The van der Waals surface area contributed by atoms with Gasteiger partial charge in [0.15, 0.2) is 0 Å². The van der Waals surface area contributed by atoms with Gasteiger partial charge in [-0.25, -0.2) is 9.37 Å². The molecule has 2 heterocycles. The van der Waals surface area contributed by atoms with Gasteiger partial charge in [0.25, 0.3) is 0 Å². The van der Waals surface area contributed by atoms with Crippen molar-refractivity contribution < 1.29 is 13.9 Å². The van der Waals surface area contributed by atoms with Gasteiger partial charge >= 0.3 is 0 Å². The van der Waals surface area contributed by atoms with E-state index in [2.05, 4.69) is 36.6 Å². The van der Waals surface area contributed by atoms with Gasteiger partial charge in [0.05, 0.1) is 23.3 Å². The fraction of sp³-hybridized carbons (Fsp3) is 0.333. The molecule has 0 radical (unpaired) electrons. The number of carbonyl (C=O) groups excluding carboxylic acids is 1. The van der Waals surface area contributed by atoms with Gasteiger partial charge in [-0.2, -0.15) is 0 Å². The van der Waals surface area contributed by atoms with E-state index in [9.17, 15) is 9.18 Å². The first-order valence-electron chi connectivity index (χ1n) is 12.7. The molecule has 0 spiro atoms. The Labute approximate surface area is 211 Å². The quantitative estimate of drug-likeness (QED) is 0.249. The van der Waals surface area contributed by atoms with Gasteiger partial charge in [-0.3, -0.25) is 4.79 Å². The molecular weight excluding hydrogens is 453 g/mol. The number of hydrogen-bond donors (Lipinski definition) is 0. The Morgan fingerprint density at radius 3 is 2.58 bits per heavy atom. The minimum atomic E-state index is -0.376. The second-order valence-electron chi connectivity index (χ2n) is 9.72. The number of aryl methyl sites for hydroxylation is 1. The normalized spacial score (nSPS) is 15.8. The average molecular weight is 486 g/mol. The van der Waals surface area contributed by atoms with Gasteiger partial charge in [0.2, 0.25) is 5.91 Å². The molecule has 1 aromatic heterocycles. The molecule has 1 atom stereocenters. The van der Waals surface area contributed by atoms with E-state index in [0.717, 1.165) is 42.0 Å². The zero-order chi connectivity index (χ0) is 25.1. The van der Waals surface area contributed by atoms with Crippen LogP contribution in [0, 0.1) is 5.82 Å². The molecule has 4 aromatic rings. The maximum absolute atomic E-state index is 14.4. The molecule has 1 aliphatic heterocycles. The Morgan fingerprint density at radius 1 is 1.00 bits per heavy atom. The summed E-state index contributed by atoms with van der Waals surface area (Å²) in [4.78, 5) is 19.3. The number of benzene rings is 3. The van der Waals surface area contributed by atoms with Gasteiger partial charge in [0, 0.05) is 25.4 Å². The molecule has 5 nitrogen and oxygen atoms in total. The number of ether oxygens (including phenoxy) is 1. The highest BCUT2D eigenvalue weighted by Crippen LogP contribution is 2.34. The lowest BCUT2D eigenvalue weighted by atomic mass is 10.0.